The molecule has 0 saturated heterocycles. The van der Waals surface area contributed by atoms with Crippen LogP contribution in [0.5, 0.6) is 0 Å². The maximum absolute atomic E-state index is 4.63. The van der Waals surface area contributed by atoms with Crippen LogP contribution < -0.4 is 0 Å². The maximum atomic E-state index is 4.63. The fourth-order valence-electron chi connectivity index (χ4n) is 6.31. The van der Waals surface area contributed by atoms with E-state index in [1.54, 1.807) is 12.4 Å². The number of nitrogens with one attached hydrogen (secondary N) is 5. The molecule has 0 atom stereocenters. The van der Waals surface area contributed by atoms with Gasteiger partial charge in [0.05, 0.1) is 56.0 Å². The minimum absolute atomic E-state index is 0.726. The van der Waals surface area contributed by atoms with Crippen LogP contribution in [0.1, 0.15) is 23.0 Å². The van der Waals surface area contributed by atoms with Crippen molar-refractivity contribution in [2.75, 3.05) is 0 Å². The number of hydrogen-bond donors (Lipinski definition) is 5. The molecular formula is C39H32N12. The van der Waals surface area contributed by atoms with Crippen LogP contribution in [-0.2, 0) is 0 Å². The largest absolute Gasteiger partial charge is 0.342 e. The number of fused-ring (bicyclic) bond motifs is 4. The first kappa shape index (κ1) is 30.1. The number of aryl methyl sites for hydroxylation is 4. The standard InChI is InChI=1S/C20H16N6.C19H16N6/c1-11-9-22-19(10-21-11)20-25-16-6-4-14(8-18(16)26-20)13-3-5-15-17(7-13)24-12(2)23-15;1-10-7-18(25-24-10)19-22-15-6-4-13(9-17(15)23-19)12-3-5-14-16(8-12)21-11(2)20-14/h3-10H,1-2H3,(H,23,24)(H,25,26);3-9H,1-2H3,(H,20,21)(H,22,23)(H,24,25). The molecule has 0 radical (unpaired) electrons. The molecule has 10 aromatic rings. The van der Waals surface area contributed by atoms with Crippen LogP contribution in [0.15, 0.2) is 91.3 Å². The zero-order chi connectivity index (χ0) is 34.6. The van der Waals surface area contributed by atoms with Crippen molar-refractivity contribution in [2.24, 2.45) is 0 Å². The number of aromatic nitrogens is 12. The predicted octanol–water partition coefficient (Wildman–Crippen LogP) is 8.29. The molecule has 6 aromatic heterocycles. The lowest BCUT2D eigenvalue weighted by molar-refractivity contribution is 1.04. The minimum atomic E-state index is 0.726. The van der Waals surface area contributed by atoms with E-state index in [0.717, 1.165) is 112 Å². The summed E-state index contributed by atoms with van der Waals surface area (Å²) in [4.78, 5) is 40.1. The third-order valence-corrected chi connectivity index (χ3v) is 8.80. The maximum Gasteiger partial charge on any atom is 0.159 e. The van der Waals surface area contributed by atoms with Gasteiger partial charge in [0.1, 0.15) is 23.0 Å². The Kier molecular flexibility index (Phi) is 7.02. The molecule has 0 fully saturated rings. The number of rotatable bonds is 4. The fraction of sp³-hybridized carbons (Fsp3) is 0.103. The molecule has 0 amide bonds. The summed E-state index contributed by atoms with van der Waals surface area (Å²) in [5.41, 5.74) is 15.9. The van der Waals surface area contributed by atoms with Gasteiger partial charge in [0.25, 0.3) is 0 Å². The van der Waals surface area contributed by atoms with Crippen LogP contribution >= 0.6 is 0 Å². The number of imidazole rings is 4. The van der Waals surface area contributed by atoms with Crippen molar-refractivity contribution in [3.8, 4) is 45.3 Å². The molecule has 4 aromatic carbocycles. The Balaban J connectivity index is 0.000000137. The number of benzene rings is 4. The van der Waals surface area contributed by atoms with E-state index in [1.165, 1.54) is 0 Å². The van der Waals surface area contributed by atoms with Crippen LogP contribution in [0, 0.1) is 27.7 Å². The van der Waals surface area contributed by atoms with Crippen LogP contribution in [0.25, 0.3) is 89.4 Å². The quantitative estimate of drug-likeness (QED) is 0.126. The Morgan fingerprint density at radius 3 is 1.31 bits per heavy atom. The zero-order valence-corrected chi connectivity index (χ0v) is 28.3. The molecule has 0 spiro atoms. The van der Waals surface area contributed by atoms with E-state index < -0.39 is 0 Å². The van der Waals surface area contributed by atoms with Crippen LogP contribution in [0.4, 0.5) is 0 Å². The molecule has 0 aliphatic heterocycles. The molecule has 10 rings (SSSR count). The lowest BCUT2D eigenvalue weighted by Crippen LogP contribution is -1.89. The molecule has 248 valence electrons. The number of hydrogen-bond acceptors (Lipinski definition) is 7. The Bertz CT molecular complexity index is 2860. The van der Waals surface area contributed by atoms with Gasteiger partial charge in [-0.2, -0.15) is 5.10 Å². The van der Waals surface area contributed by atoms with Crippen molar-refractivity contribution in [3.05, 3.63) is 114 Å². The highest BCUT2D eigenvalue weighted by Gasteiger charge is 2.12. The molecular weight excluding hydrogens is 637 g/mol. The summed E-state index contributed by atoms with van der Waals surface area (Å²) in [7, 11) is 0. The highest BCUT2D eigenvalue weighted by molar-refractivity contribution is 5.89. The summed E-state index contributed by atoms with van der Waals surface area (Å²) in [6.45, 7) is 7.82. The van der Waals surface area contributed by atoms with Crippen molar-refractivity contribution < 1.29 is 0 Å². The summed E-state index contributed by atoms with van der Waals surface area (Å²) < 4.78 is 0. The van der Waals surface area contributed by atoms with Gasteiger partial charge in [-0.05, 0) is 105 Å². The van der Waals surface area contributed by atoms with Gasteiger partial charge in [0.15, 0.2) is 11.6 Å². The van der Waals surface area contributed by atoms with E-state index in [1.807, 2.05) is 58.0 Å². The van der Waals surface area contributed by atoms with Crippen molar-refractivity contribution in [2.45, 2.75) is 27.7 Å². The lowest BCUT2D eigenvalue weighted by atomic mass is 10.0. The molecule has 6 heterocycles. The number of H-pyrrole nitrogens is 5. The van der Waals surface area contributed by atoms with E-state index in [0.29, 0.717) is 0 Å². The highest BCUT2D eigenvalue weighted by Crippen LogP contribution is 2.29. The molecule has 0 saturated carbocycles. The van der Waals surface area contributed by atoms with Gasteiger partial charge in [0, 0.05) is 11.9 Å². The van der Waals surface area contributed by atoms with Gasteiger partial charge in [-0.25, -0.2) is 24.9 Å². The molecule has 51 heavy (non-hydrogen) atoms. The van der Waals surface area contributed by atoms with Crippen LogP contribution in [0.3, 0.4) is 0 Å². The highest BCUT2D eigenvalue weighted by atomic mass is 15.1. The van der Waals surface area contributed by atoms with Crippen LogP contribution in [0.2, 0.25) is 0 Å². The minimum Gasteiger partial charge on any atom is -0.342 e. The van der Waals surface area contributed by atoms with Crippen molar-refractivity contribution in [1.29, 1.82) is 0 Å². The first-order chi connectivity index (χ1) is 24.8. The fourth-order valence-corrected chi connectivity index (χ4v) is 6.31. The number of aromatic amines is 5. The second-order valence-corrected chi connectivity index (χ2v) is 12.7. The molecule has 0 unspecified atom stereocenters. The van der Waals surface area contributed by atoms with Crippen molar-refractivity contribution in [3.63, 3.8) is 0 Å². The van der Waals surface area contributed by atoms with E-state index in [9.17, 15) is 0 Å². The van der Waals surface area contributed by atoms with Gasteiger partial charge in [-0.1, -0.05) is 24.3 Å². The monoisotopic (exact) mass is 668 g/mol. The molecule has 0 bridgehead atoms. The molecule has 5 N–H and O–H groups in total. The summed E-state index contributed by atoms with van der Waals surface area (Å²) in [6.07, 6.45) is 3.48. The first-order valence-electron chi connectivity index (χ1n) is 16.6. The summed E-state index contributed by atoms with van der Waals surface area (Å²) >= 11 is 0. The lowest BCUT2D eigenvalue weighted by Gasteiger charge is -2.01. The smallest absolute Gasteiger partial charge is 0.159 e. The Labute approximate surface area is 290 Å². The Hall–Kier alpha value is -6.95. The van der Waals surface area contributed by atoms with E-state index in [2.05, 4.69) is 109 Å². The van der Waals surface area contributed by atoms with E-state index in [4.69, 9.17) is 0 Å². The average Bonchev–Trinajstić information content (AvgIpc) is 3.96. The van der Waals surface area contributed by atoms with E-state index >= 15 is 0 Å². The SMILES string of the molecule is Cc1cc(-c2nc3ccc(-c4ccc5nc(C)[nH]c5c4)cc3[nH]2)n[nH]1.Cc1cnc(-c2nc3ccc(-c4ccc5nc(C)[nH]c5c4)cc3[nH]2)cn1. The topological polar surface area (TPSA) is 169 Å². The first-order valence-corrected chi connectivity index (χ1v) is 16.6. The van der Waals surface area contributed by atoms with Crippen LogP contribution in [-0.4, -0.2) is 60.0 Å². The van der Waals surface area contributed by atoms with E-state index in [-0.39, 0.29) is 0 Å². The van der Waals surface area contributed by atoms with Gasteiger partial charge in [-0.3, -0.25) is 10.1 Å². The van der Waals surface area contributed by atoms with Gasteiger partial charge >= 0.3 is 0 Å². The van der Waals surface area contributed by atoms with Gasteiger partial charge in [-0.15, -0.1) is 0 Å². The Morgan fingerprint density at radius 2 is 0.882 bits per heavy atom. The van der Waals surface area contributed by atoms with Gasteiger partial charge in [0.2, 0.25) is 0 Å². The summed E-state index contributed by atoms with van der Waals surface area (Å²) in [5.74, 6) is 3.35. The zero-order valence-electron chi connectivity index (χ0n) is 28.3. The van der Waals surface area contributed by atoms with Gasteiger partial charge < -0.3 is 19.9 Å². The molecule has 0 aliphatic rings. The third kappa shape index (κ3) is 5.78. The molecule has 12 heteroatoms. The second kappa shape index (κ2) is 11.9. The Morgan fingerprint density at radius 1 is 0.431 bits per heavy atom. The number of nitrogens with zero attached hydrogens (tertiary/aromatic N) is 7. The molecule has 0 aliphatic carbocycles. The predicted molar refractivity (Wildman–Crippen MR) is 200 cm³/mol. The summed E-state index contributed by atoms with van der Waals surface area (Å²) in [5, 5.41) is 7.22. The second-order valence-electron chi connectivity index (χ2n) is 12.7. The molecule has 12 nitrogen and oxygen atoms in total. The average molecular weight is 669 g/mol. The third-order valence-electron chi connectivity index (χ3n) is 8.80. The normalized spacial score (nSPS) is 11.5. The van der Waals surface area contributed by atoms with Crippen molar-refractivity contribution in [1.82, 2.24) is 60.0 Å². The summed E-state index contributed by atoms with van der Waals surface area (Å²) in [6, 6.07) is 27.0. The van der Waals surface area contributed by atoms with Crippen molar-refractivity contribution >= 4 is 44.1 Å².